The first-order valence-electron chi connectivity index (χ1n) is 13.7. The number of rotatable bonds is 4. The third kappa shape index (κ3) is 4.26. The van der Waals surface area contributed by atoms with Gasteiger partial charge in [-0.3, -0.25) is 0 Å². The Kier molecular flexibility index (Phi) is 5.69. The molecule has 0 saturated heterocycles. The van der Waals surface area contributed by atoms with Gasteiger partial charge >= 0.3 is 0 Å². The van der Waals surface area contributed by atoms with E-state index >= 15 is 0 Å². The zero-order chi connectivity index (χ0) is 28.8. The maximum absolute atomic E-state index is 9.36. The summed E-state index contributed by atoms with van der Waals surface area (Å²) in [6.45, 7) is 0. The molecule has 0 saturated carbocycles. The fraction of sp³-hybridized carbons (Fsp3) is 0. The van der Waals surface area contributed by atoms with E-state index in [1.807, 2.05) is 109 Å². The fourth-order valence-corrected chi connectivity index (χ4v) is 5.34. The van der Waals surface area contributed by atoms with Crippen molar-refractivity contribution in [1.82, 2.24) is 24.9 Å². The third-order valence-corrected chi connectivity index (χ3v) is 7.38. The van der Waals surface area contributed by atoms with Crippen LogP contribution in [-0.4, -0.2) is 24.9 Å². The number of nitriles is 1. The predicted molar refractivity (Wildman–Crippen MR) is 167 cm³/mol. The van der Waals surface area contributed by atoms with Crippen LogP contribution in [0.25, 0.3) is 78.5 Å². The van der Waals surface area contributed by atoms with Crippen molar-refractivity contribution >= 4 is 33.0 Å². The fourth-order valence-electron chi connectivity index (χ4n) is 5.34. The van der Waals surface area contributed by atoms with Gasteiger partial charge in [0.2, 0.25) is 0 Å². The number of aromatic nitrogens is 5. The lowest BCUT2D eigenvalue weighted by Crippen LogP contribution is -2.04. The Morgan fingerprint density at radius 1 is 0.488 bits per heavy atom. The van der Waals surface area contributed by atoms with E-state index in [9.17, 15) is 5.26 Å². The molecule has 5 aromatic carbocycles. The first kappa shape index (κ1) is 24.5. The monoisotopic (exact) mass is 552 g/mol. The number of hydrogen-bond donors (Lipinski definition) is 0. The minimum absolute atomic E-state index is 0.395. The number of benzene rings is 5. The van der Waals surface area contributed by atoms with Crippen molar-refractivity contribution in [2.75, 3.05) is 0 Å². The highest BCUT2D eigenvalue weighted by Gasteiger charge is 2.21. The summed E-state index contributed by atoms with van der Waals surface area (Å²) in [7, 11) is 0. The standard InChI is InChI=1S/C36H20N6O/c37-21-22-17-19-23(20-18-22)32-33(39-28-14-6-5-13-27(28)38-32)36-41-34(24-9-2-1-3-10-24)40-35(42-36)26-12-8-16-30-31(26)25-11-4-7-15-29(25)43-30/h1-20H. The third-order valence-electron chi connectivity index (χ3n) is 7.38. The molecule has 0 aliphatic heterocycles. The summed E-state index contributed by atoms with van der Waals surface area (Å²) in [5, 5.41) is 11.3. The normalized spacial score (nSPS) is 11.2. The molecule has 200 valence electrons. The molecule has 0 unspecified atom stereocenters. The highest BCUT2D eigenvalue weighted by Crippen LogP contribution is 2.37. The highest BCUT2D eigenvalue weighted by atomic mass is 16.3. The van der Waals surface area contributed by atoms with Crippen LogP contribution in [0.1, 0.15) is 5.56 Å². The highest BCUT2D eigenvalue weighted by molar-refractivity contribution is 6.11. The molecule has 8 rings (SSSR count). The molecular weight excluding hydrogens is 532 g/mol. The summed E-state index contributed by atoms with van der Waals surface area (Å²) in [6, 6.07) is 40.9. The first-order valence-corrected chi connectivity index (χ1v) is 13.7. The number of para-hydroxylation sites is 3. The molecule has 43 heavy (non-hydrogen) atoms. The molecule has 0 atom stereocenters. The quantitative estimate of drug-likeness (QED) is 0.217. The van der Waals surface area contributed by atoms with Crippen molar-refractivity contribution in [2.45, 2.75) is 0 Å². The molecule has 3 heterocycles. The molecule has 7 nitrogen and oxygen atoms in total. The predicted octanol–water partition coefficient (Wildman–Crippen LogP) is 8.25. The Hall–Kier alpha value is -6.26. The van der Waals surface area contributed by atoms with E-state index in [0.717, 1.165) is 49.7 Å². The van der Waals surface area contributed by atoms with Crippen molar-refractivity contribution < 1.29 is 4.42 Å². The van der Waals surface area contributed by atoms with Crippen LogP contribution in [0.3, 0.4) is 0 Å². The summed E-state index contributed by atoms with van der Waals surface area (Å²) in [4.78, 5) is 25.0. The van der Waals surface area contributed by atoms with E-state index in [2.05, 4.69) is 6.07 Å². The second-order valence-corrected chi connectivity index (χ2v) is 10.0. The van der Waals surface area contributed by atoms with E-state index in [1.54, 1.807) is 12.1 Å². The van der Waals surface area contributed by atoms with Gasteiger partial charge in [-0.05, 0) is 36.4 Å². The van der Waals surface area contributed by atoms with Crippen LogP contribution >= 0.6 is 0 Å². The Bertz CT molecular complexity index is 2360. The zero-order valence-electron chi connectivity index (χ0n) is 22.6. The topological polar surface area (TPSA) is 101 Å². The SMILES string of the molecule is N#Cc1ccc(-c2nc3ccccc3nc2-c2nc(-c3ccccc3)nc(-c3cccc4oc5ccccc5c34)n2)cc1. The lowest BCUT2D eigenvalue weighted by Gasteiger charge is -2.12. The van der Waals surface area contributed by atoms with Gasteiger partial charge in [0.05, 0.1) is 22.7 Å². The van der Waals surface area contributed by atoms with E-state index in [4.69, 9.17) is 29.3 Å². The second kappa shape index (κ2) is 9.98. The summed E-state index contributed by atoms with van der Waals surface area (Å²) in [5.74, 6) is 1.42. The molecule has 0 aliphatic rings. The summed E-state index contributed by atoms with van der Waals surface area (Å²) in [5.41, 5.74) is 7.21. The van der Waals surface area contributed by atoms with Gasteiger partial charge in [0.25, 0.3) is 0 Å². The smallest absolute Gasteiger partial charge is 0.184 e. The molecule has 0 amide bonds. The Morgan fingerprint density at radius 2 is 1.14 bits per heavy atom. The maximum atomic E-state index is 9.36. The van der Waals surface area contributed by atoms with Crippen LogP contribution in [0.2, 0.25) is 0 Å². The van der Waals surface area contributed by atoms with Crippen LogP contribution < -0.4 is 0 Å². The van der Waals surface area contributed by atoms with Gasteiger partial charge in [-0.1, -0.05) is 84.9 Å². The van der Waals surface area contributed by atoms with Crippen LogP contribution in [0.15, 0.2) is 126 Å². The second-order valence-electron chi connectivity index (χ2n) is 10.0. The van der Waals surface area contributed by atoms with Crippen LogP contribution in [0, 0.1) is 11.3 Å². The van der Waals surface area contributed by atoms with Gasteiger partial charge in [-0.2, -0.15) is 5.26 Å². The zero-order valence-corrected chi connectivity index (χ0v) is 22.6. The molecule has 0 radical (unpaired) electrons. The number of hydrogen-bond acceptors (Lipinski definition) is 7. The lowest BCUT2D eigenvalue weighted by atomic mass is 10.0. The van der Waals surface area contributed by atoms with Gasteiger partial charge in [-0.25, -0.2) is 24.9 Å². The van der Waals surface area contributed by atoms with E-state index in [1.165, 1.54) is 0 Å². The molecule has 7 heteroatoms. The van der Waals surface area contributed by atoms with Crippen LogP contribution in [-0.2, 0) is 0 Å². The van der Waals surface area contributed by atoms with Gasteiger partial charge in [0, 0.05) is 27.5 Å². The molecule has 0 bridgehead atoms. The van der Waals surface area contributed by atoms with Crippen molar-refractivity contribution in [3.63, 3.8) is 0 Å². The van der Waals surface area contributed by atoms with Gasteiger partial charge < -0.3 is 4.42 Å². The molecular formula is C36H20N6O. The maximum Gasteiger partial charge on any atom is 0.184 e. The van der Waals surface area contributed by atoms with E-state index in [0.29, 0.717) is 34.4 Å². The van der Waals surface area contributed by atoms with Crippen LogP contribution in [0.4, 0.5) is 0 Å². The molecule has 3 aromatic heterocycles. The minimum Gasteiger partial charge on any atom is -0.456 e. The van der Waals surface area contributed by atoms with Gasteiger partial charge in [0.1, 0.15) is 22.6 Å². The Balaban J connectivity index is 1.43. The molecule has 0 spiro atoms. The van der Waals surface area contributed by atoms with Crippen molar-refractivity contribution in [1.29, 1.82) is 5.26 Å². The Labute approximate surface area is 245 Å². The lowest BCUT2D eigenvalue weighted by molar-refractivity contribution is 0.669. The van der Waals surface area contributed by atoms with Crippen molar-refractivity contribution in [3.8, 4) is 51.6 Å². The number of furan rings is 1. The first-order chi connectivity index (χ1) is 21.2. The van der Waals surface area contributed by atoms with Crippen molar-refractivity contribution in [2.24, 2.45) is 0 Å². The number of nitrogens with zero attached hydrogens (tertiary/aromatic N) is 6. The van der Waals surface area contributed by atoms with Crippen LogP contribution in [0.5, 0.6) is 0 Å². The Morgan fingerprint density at radius 3 is 1.93 bits per heavy atom. The van der Waals surface area contributed by atoms with E-state index < -0.39 is 0 Å². The van der Waals surface area contributed by atoms with Gasteiger partial charge in [-0.15, -0.1) is 0 Å². The minimum atomic E-state index is 0.395. The van der Waals surface area contributed by atoms with Gasteiger partial charge in [0.15, 0.2) is 17.5 Å². The molecule has 0 N–H and O–H groups in total. The largest absolute Gasteiger partial charge is 0.456 e. The summed E-state index contributed by atoms with van der Waals surface area (Å²) in [6.07, 6.45) is 0. The molecule has 8 aromatic rings. The summed E-state index contributed by atoms with van der Waals surface area (Å²) >= 11 is 0. The molecule has 0 fully saturated rings. The summed E-state index contributed by atoms with van der Waals surface area (Å²) < 4.78 is 6.17. The van der Waals surface area contributed by atoms with E-state index in [-0.39, 0.29) is 0 Å². The average Bonchev–Trinajstić information content (AvgIpc) is 3.47. The number of fused-ring (bicyclic) bond motifs is 4. The average molecular weight is 553 g/mol. The molecule has 0 aliphatic carbocycles. The van der Waals surface area contributed by atoms with Crippen molar-refractivity contribution in [3.05, 3.63) is 127 Å².